The number of hydrogen-bond acceptors (Lipinski definition) is 8. The van der Waals surface area contributed by atoms with Crippen LogP contribution in [0.3, 0.4) is 0 Å². The van der Waals surface area contributed by atoms with E-state index in [4.69, 9.17) is 10.5 Å². The zero-order chi connectivity index (χ0) is 23.0. The van der Waals surface area contributed by atoms with Crippen LogP contribution in [0, 0.1) is 0 Å². The Labute approximate surface area is 178 Å². The fourth-order valence-electron chi connectivity index (χ4n) is 3.17. The van der Waals surface area contributed by atoms with E-state index >= 15 is 0 Å². The molecular weight excluding hydrogens is 452 g/mol. The second-order valence-corrected chi connectivity index (χ2v) is 10.5. The molecular formula is C16H22N6O7S2. The molecule has 0 bridgehead atoms. The number of nitrogens with one attached hydrogen (secondary N) is 1. The SMILES string of the molecule is CCOC(=O)c1cn[nH]c1S(=O)(=O)N1CCN(S(=O)(=O)c2cc(C(N)=O)n(C)c2)CC1. The van der Waals surface area contributed by atoms with Crippen molar-refractivity contribution in [2.75, 3.05) is 32.8 Å². The number of sulfonamides is 2. The minimum atomic E-state index is -4.13. The van der Waals surface area contributed by atoms with Crippen LogP contribution in [0.5, 0.6) is 0 Å². The van der Waals surface area contributed by atoms with Crippen LogP contribution in [-0.2, 0) is 31.8 Å². The lowest BCUT2D eigenvalue weighted by molar-refractivity contribution is 0.0521. The van der Waals surface area contributed by atoms with Gasteiger partial charge in [-0.05, 0) is 13.0 Å². The molecule has 1 amide bonds. The Morgan fingerprint density at radius 3 is 2.23 bits per heavy atom. The summed E-state index contributed by atoms with van der Waals surface area (Å²) in [6, 6.07) is 1.18. The number of amides is 1. The van der Waals surface area contributed by atoms with Gasteiger partial charge in [0.2, 0.25) is 10.0 Å². The maximum absolute atomic E-state index is 13.0. The zero-order valence-corrected chi connectivity index (χ0v) is 18.4. The summed E-state index contributed by atoms with van der Waals surface area (Å²) in [5.41, 5.74) is 5.04. The van der Waals surface area contributed by atoms with Crippen molar-refractivity contribution >= 4 is 31.9 Å². The number of carbonyl (C=O) groups excluding carboxylic acids is 2. The van der Waals surface area contributed by atoms with Gasteiger partial charge in [-0.1, -0.05) is 0 Å². The average molecular weight is 475 g/mol. The summed E-state index contributed by atoms with van der Waals surface area (Å²) in [4.78, 5) is 23.3. The molecule has 31 heavy (non-hydrogen) atoms. The Bertz CT molecular complexity index is 1210. The topological polar surface area (TPSA) is 178 Å². The molecule has 0 spiro atoms. The fourth-order valence-corrected chi connectivity index (χ4v) is 6.15. The molecule has 3 heterocycles. The van der Waals surface area contributed by atoms with Crippen molar-refractivity contribution in [3.63, 3.8) is 0 Å². The highest BCUT2D eigenvalue weighted by molar-refractivity contribution is 7.89. The van der Waals surface area contributed by atoms with Crippen LogP contribution in [0.15, 0.2) is 28.4 Å². The molecule has 2 aromatic heterocycles. The monoisotopic (exact) mass is 474 g/mol. The number of rotatable bonds is 7. The van der Waals surface area contributed by atoms with Crippen LogP contribution in [0.1, 0.15) is 27.8 Å². The van der Waals surface area contributed by atoms with Crippen molar-refractivity contribution in [2.24, 2.45) is 12.8 Å². The zero-order valence-electron chi connectivity index (χ0n) is 16.8. The van der Waals surface area contributed by atoms with Gasteiger partial charge in [0.1, 0.15) is 16.2 Å². The largest absolute Gasteiger partial charge is 0.462 e. The Balaban J connectivity index is 1.78. The van der Waals surface area contributed by atoms with Gasteiger partial charge in [-0.15, -0.1) is 0 Å². The molecule has 13 nitrogen and oxygen atoms in total. The number of hydrogen-bond donors (Lipinski definition) is 2. The number of piperazine rings is 1. The van der Waals surface area contributed by atoms with Crippen molar-refractivity contribution in [2.45, 2.75) is 16.8 Å². The first kappa shape index (κ1) is 22.9. The van der Waals surface area contributed by atoms with Crippen molar-refractivity contribution in [1.29, 1.82) is 0 Å². The molecule has 1 saturated heterocycles. The van der Waals surface area contributed by atoms with E-state index in [0.717, 1.165) is 14.8 Å². The number of aryl methyl sites for hydroxylation is 1. The predicted octanol–water partition coefficient (Wildman–Crippen LogP) is -1.28. The molecule has 2 aromatic rings. The van der Waals surface area contributed by atoms with E-state index in [1.807, 2.05) is 0 Å². The lowest BCUT2D eigenvalue weighted by Crippen LogP contribution is -2.50. The van der Waals surface area contributed by atoms with E-state index < -0.39 is 36.9 Å². The summed E-state index contributed by atoms with van der Waals surface area (Å²) >= 11 is 0. The molecule has 0 unspecified atom stereocenters. The van der Waals surface area contributed by atoms with Gasteiger partial charge in [-0.25, -0.2) is 21.6 Å². The molecule has 1 aliphatic rings. The summed E-state index contributed by atoms with van der Waals surface area (Å²) in [7, 11) is -6.60. The molecule has 3 N–H and O–H groups in total. The fraction of sp³-hybridized carbons (Fsp3) is 0.438. The van der Waals surface area contributed by atoms with Gasteiger partial charge in [0.05, 0.1) is 12.8 Å². The molecule has 3 rings (SSSR count). The molecule has 1 aliphatic heterocycles. The molecule has 0 radical (unpaired) electrons. The Morgan fingerprint density at radius 2 is 1.71 bits per heavy atom. The van der Waals surface area contributed by atoms with Crippen LogP contribution in [-0.4, -0.2) is 84.9 Å². The Kier molecular flexibility index (Phi) is 6.22. The van der Waals surface area contributed by atoms with Gasteiger partial charge >= 0.3 is 5.97 Å². The van der Waals surface area contributed by atoms with E-state index in [-0.39, 0.29) is 48.9 Å². The van der Waals surface area contributed by atoms with Crippen LogP contribution in [0.2, 0.25) is 0 Å². The number of nitrogens with two attached hydrogens (primary N) is 1. The van der Waals surface area contributed by atoms with Crippen molar-refractivity contribution in [3.8, 4) is 0 Å². The second-order valence-electron chi connectivity index (χ2n) is 6.68. The molecule has 15 heteroatoms. The number of carbonyl (C=O) groups is 2. The highest BCUT2D eigenvalue weighted by Gasteiger charge is 2.37. The second kappa shape index (κ2) is 8.41. The van der Waals surface area contributed by atoms with Gasteiger partial charge in [0.15, 0.2) is 5.03 Å². The first-order valence-electron chi connectivity index (χ1n) is 9.17. The quantitative estimate of drug-likeness (QED) is 0.466. The summed E-state index contributed by atoms with van der Waals surface area (Å²) in [5.74, 6) is -1.60. The molecule has 0 saturated carbocycles. The lowest BCUT2D eigenvalue weighted by Gasteiger charge is -2.32. The molecule has 1 fully saturated rings. The van der Waals surface area contributed by atoms with E-state index in [1.165, 1.54) is 23.9 Å². The number of nitrogens with zero attached hydrogens (tertiary/aromatic N) is 4. The van der Waals surface area contributed by atoms with E-state index in [2.05, 4.69) is 10.2 Å². The van der Waals surface area contributed by atoms with Crippen LogP contribution in [0.4, 0.5) is 0 Å². The number of H-pyrrole nitrogens is 1. The summed E-state index contributed by atoms with van der Waals surface area (Å²) < 4.78 is 60.0. The van der Waals surface area contributed by atoms with Crippen LogP contribution < -0.4 is 5.73 Å². The highest BCUT2D eigenvalue weighted by atomic mass is 32.2. The van der Waals surface area contributed by atoms with Crippen LogP contribution in [0.25, 0.3) is 0 Å². The Morgan fingerprint density at radius 1 is 1.13 bits per heavy atom. The third kappa shape index (κ3) is 4.21. The van der Waals surface area contributed by atoms with E-state index in [9.17, 15) is 26.4 Å². The van der Waals surface area contributed by atoms with Gasteiger partial charge in [-0.3, -0.25) is 9.89 Å². The maximum Gasteiger partial charge on any atom is 0.342 e. The smallest absolute Gasteiger partial charge is 0.342 e. The lowest BCUT2D eigenvalue weighted by atomic mass is 10.4. The first-order chi connectivity index (χ1) is 14.5. The number of aromatic nitrogens is 3. The highest BCUT2D eigenvalue weighted by Crippen LogP contribution is 2.24. The molecule has 0 aliphatic carbocycles. The number of esters is 1. The van der Waals surface area contributed by atoms with Gasteiger partial charge < -0.3 is 15.0 Å². The van der Waals surface area contributed by atoms with Crippen molar-refractivity contribution < 1.29 is 31.2 Å². The van der Waals surface area contributed by atoms with Gasteiger partial charge in [0, 0.05) is 39.4 Å². The normalized spacial score (nSPS) is 16.3. The minimum absolute atomic E-state index is 0.0329. The van der Waals surface area contributed by atoms with E-state index in [0.29, 0.717) is 0 Å². The number of primary amides is 1. The van der Waals surface area contributed by atoms with Gasteiger partial charge in [-0.2, -0.15) is 13.7 Å². The third-order valence-electron chi connectivity index (χ3n) is 4.77. The van der Waals surface area contributed by atoms with Crippen molar-refractivity contribution in [1.82, 2.24) is 23.4 Å². The van der Waals surface area contributed by atoms with Gasteiger partial charge in [0.25, 0.3) is 15.9 Å². The minimum Gasteiger partial charge on any atom is -0.462 e. The molecule has 170 valence electrons. The molecule has 0 atom stereocenters. The third-order valence-corrected chi connectivity index (χ3v) is 8.50. The summed E-state index contributed by atoms with van der Waals surface area (Å²) in [5, 5.41) is 5.53. The summed E-state index contributed by atoms with van der Waals surface area (Å²) in [6.07, 6.45) is 2.34. The summed E-state index contributed by atoms with van der Waals surface area (Å²) in [6.45, 7) is 1.13. The number of aromatic amines is 1. The molecule has 0 aromatic carbocycles. The average Bonchev–Trinajstić information content (AvgIpc) is 3.36. The van der Waals surface area contributed by atoms with Crippen LogP contribution >= 0.6 is 0 Å². The van der Waals surface area contributed by atoms with Crippen molar-refractivity contribution in [3.05, 3.63) is 29.7 Å². The predicted molar refractivity (Wildman–Crippen MR) is 106 cm³/mol. The standard InChI is InChI=1S/C16H22N6O7S2/c1-3-29-16(24)12-9-18-19-15(12)31(27,28)22-6-4-21(5-7-22)30(25,26)11-8-13(14(17)23)20(2)10-11/h8-10H,3-7H2,1-2H3,(H2,17,23)(H,18,19). The number of ether oxygens (including phenoxy) is 1. The maximum atomic E-state index is 13.0. The Hall–Kier alpha value is -2.75. The first-order valence-corrected chi connectivity index (χ1v) is 12.0. The van der Waals surface area contributed by atoms with E-state index in [1.54, 1.807) is 6.92 Å².